The minimum Gasteiger partial charge on any atom is -0.489 e. The first-order chi connectivity index (χ1) is 8.15. The van der Waals surface area contributed by atoms with Crippen molar-refractivity contribution in [3.05, 3.63) is 29.3 Å². The molecule has 4 heteroatoms. The number of aliphatic hydroxyl groups is 1. The summed E-state index contributed by atoms with van der Waals surface area (Å²) >= 11 is 0. The molecule has 2 atom stereocenters. The van der Waals surface area contributed by atoms with Crippen molar-refractivity contribution in [2.45, 2.75) is 25.4 Å². The first kappa shape index (κ1) is 11.9. The van der Waals surface area contributed by atoms with Crippen molar-refractivity contribution in [1.82, 2.24) is 0 Å². The lowest BCUT2D eigenvalue weighted by Gasteiger charge is -2.15. The summed E-state index contributed by atoms with van der Waals surface area (Å²) in [7, 11) is 1.35. The van der Waals surface area contributed by atoms with E-state index >= 15 is 0 Å². The van der Waals surface area contributed by atoms with E-state index in [0.717, 1.165) is 16.9 Å². The number of methoxy groups -OCH3 is 1. The minimum atomic E-state index is -0.329. The highest BCUT2D eigenvalue weighted by molar-refractivity contribution is 5.70. The Balaban J connectivity index is 2.22. The molecule has 0 saturated carbocycles. The van der Waals surface area contributed by atoms with Crippen LogP contribution in [0.25, 0.3) is 0 Å². The number of benzene rings is 1. The number of fused-ring (bicyclic) bond motifs is 1. The van der Waals surface area contributed by atoms with Crippen molar-refractivity contribution in [3.63, 3.8) is 0 Å². The second-order valence-electron chi connectivity index (χ2n) is 4.27. The summed E-state index contributed by atoms with van der Waals surface area (Å²) in [4.78, 5) is 11.3. The number of ether oxygens (including phenoxy) is 2. The average molecular weight is 236 g/mol. The zero-order valence-corrected chi connectivity index (χ0v) is 9.97. The van der Waals surface area contributed by atoms with Gasteiger partial charge in [-0.15, -0.1) is 0 Å². The maximum absolute atomic E-state index is 11.3. The van der Waals surface area contributed by atoms with Crippen molar-refractivity contribution in [2.24, 2.45) is 0 Å². The van der Waals surface area contributed by atoms with Crippen LogP contribution in [-0.2, 0) is 9.53 Å². The Labute approximate surface area is 100 Å². The van der Waals surface area contributed by atoms with Crippen molar-refractivity contribution in [3.8, 4) is 5.75 Å². The van der Waals surface area contributed by atoms with E-state index in [4.69, 9.17) is 4.74 Å². The Kier molecular flexibility index (Phi) is 3.33. The highest BCUT2D eigenvalue weighted by Crippen LogP contribution is 2.39. The lowest BCUT2D eigenvalue weighted by molar-refractivity contribution is -0.142. The molecular formula is C13H16O4. The van der Waals surface area contributed by atoms with Gasteiger partial charge in [-0.2, -0.15) is 0 Å². The molecule has 1 aliphatic rings. The summed E-state index contributed by atoms with van der Waals surface area (Å²) in [5.41, 5.74) is 2.06. The molecule has 1 aliphatic heterocycles. The second kappa shape index (κ2) is 4.75. The molecule has 0 radical (unpaired) electrons. The van der Waals surface area contributed by atoms with Crippen LogP contribution in [0.5, 0.6) is 5.75 Å². The van der Waals surface area contributed by atoms with E-state index in [2.05, 4.69) is 4.74 Å². The van der Waals surface area contributed by atoms with Gasteiger partial charge in [-0.1, -0.05) is 12.1 Å². The van der Waals surface area contributed by atoms with Crippen LogP contribution in [0.15, 0.2) is 18.2 Å². The monoisotopic (exact) mass is 236 g/mol. The third-order valence-electron chi connectivity index (χ3n) is 3.09. The van der Waals surface area contributed by atoms with Gasteiger partial charge in [0.05, 0.1) is 20.1 Å². The molecule has 2 unspecified atom stereocenters. The van der Waals surface area contributed by atoms with Gasteiger partial charge in [0, 0.05) is 11.5 Å². The Hall–Kier alpha value is -1.55. The molecular weight excluding hydrogens is 220 g/mol. The summed E-state index contributed by atoms with van der Waals surface area (Å²) in [5.74, 6) is 0.292. The highest BCUT2D eigenvalue weighted by atomic mass is 16.5. The van der Waals surface area contributed by atoms with Gasteiger partial charge >= 0.3 is 5.97 Å². The summed E-state index contributed by atoms with van der Waals surface area (Å²) in [6.07, 6.45) is -0.167. The van der Waals surface area contributed by atoms with Gasteiger partial charge in [-0.3, -0.25) is 4.79 Å². The smallest absolute Gasteiger partial charge is 0.309 e. The van der Waals surface area contributed by atoms with Gasteiger partial charge in [0.25, 0.3) is 0 Å². The van der Waals surface area contributed by atoms with Gasteiger partial charge in [-0.05, 0) is 18.6 Å². The molecule has 0 saturated heterocycles. The molecule has 17 heavy (non-hydrogen) atoms. The van der Waals surface area contributed by atoms with Crippen molar-refractivity contribution < 1.29 is 19.4 Å². The molecule has 0 aliphatic carbocycles. The molecule has 92 valence electrons. The van der Waals surface area contributed by atoms with E-state index in [1.807, 2.05) is 25.1 Å². The van der Waals surface area contributed by atoms with Crippen LogP contribution in [0, 0.1) is 6.92 Å². The van der Waals surface area contributed by atoms with E-state index in [-0.39, 0.29) is 31.0 Å². The summed E-state index contributed by atoms with van der Waals surface area (Å²) < 4.78 is 10.3. The average Bonchev–Trinajstić information content (AvgIpc) is 2.64. The van der Waals surface area contributed by atoms with Crippen molar-refractivity contribution in [2.75, 3.05) is 13.7 Å². The van der Waals surface area contributed by atoms with Gasteiger partial charge in [0.2, 0.25) is 0 Å². The third-order valence-corrected chi connectivity index (χ3v) is 3.09. The lowest BCUT2D eigenvalue weighted by atomic mass is 9.94. The number of hydrogen-bond donors (Lipinski definition) is 1. The van der Waals surface area contributed by atoms with E-state index in [9.17, 15) is 9.90 Å². The maximum atomic E-state index is 11.3. The van der Waals surface area contributed by atoms with E-state index in [1.165, 1.54) is 7.11 Å². The fraction of sp³-hybridized carbons (Fsp3) is 0.462. The van der Waals surface area contributed by atoms with Crippen LogP contribution >= 0.6 is 0 Å². The molecule has 1 aromatic carbocycles. The van der Waals surface area contributed by atoms with E-state index < -0.39 is 0 Å². The summed E-state index contributed by atoms with van der Waals surface area (Å²) in [5, 5.41) is 9.41. The molecule has 2 rings (SSSR count). The van der Waals surface area contributed by atoms with Crippen LogP contribution in [0.2, 0.25) is 0 Å². The third kappa shape index (κ3) is 2.26. The SMILES string of the molecule is COC(=O)CC1Oc2cc(C)ccc2C1CO. The molecule has 1 N–H and O–H groups in total. The van der Waals surface area contributed by atoms with Crippen LogP contribution in [0.1, 0.15) is 23.5 Å². The van der Waals surface area contributed by atoms with E-state index in [1.54, 1.807) is 0 Å². The zero-order valence-electron chi connectivity index (χ0n) is 9.97. The number of aryl methyl sites for hydroxylation is 1. The molecule has 0 fully saturated rings. The number of aliphatic hydroxyl groups excluding tert-OH is 1. The molecule has 4 nitrogen and oxygen atoms in total. The molecule has 0 bridgehead atoms. The van der Waals surface area contributed by atoms with Crippen LogP contribution in [0.3, 0.4) is 0 Å². The van der Waals surface area contributed by atoms with Gasteiger partial charge in [-0.25, -0.2) is 0 Å². The van der Waals surface area contributed by atoms with Crippen LogP contribution in [-0.4, -0.2) is 30.9 Å². The topological polar surface area (TPSA) is 55.8 Å². The maximum Gasteiger partial charge on any atom is 0.309 e. The number of hydrogen-bond acceptors (Lipinski definition) is 4. The molecule has 1 heterocycles. The predicted octanol–water partition coefficient (Wildman–Crippen LogP) is 1.40. The Morgan fingerprint density at radius 1 is 1.53 bits per heavy atom. The fourth-order valence-electron chi connectivity index (χ4n) is 2.14. The highest BCUT2D eigenvalue weighted by Gasteiger charge is 2.35. The summed E-state index contributed by atoms with van der Waals surface area (Å²) in [6.45, 7) is 1.95. The number of carbonyl (C=O) groups is 1. The Bertz CT molecular complexity index is 427. The van der Waals surface area contributed by atoms with Gasteiger partial charge in [0.15, 0.2) is 0 Å². The van der Waals surface area contributed by atoms with E-state index in [0.29, 0.717) is 0 Å². The normalized spacial score (nSPS) is 21.8. The quantitative estimate of drug-likeness (QED) is 0.806. The largest absolute Gasteiger partial charge is 0.489 e. The Morgan fingerprint density at radius 2 is 2.29 bits per heavy atom. The first-order valence-corrected chi connectivity index (χ1v) is 5.60. The zero-order chi connectivity index (χ0) is 12.4. The second-order valence-corrected chi connectivity index (χ2v) is 4.27. The fourth-order valence-corrected chi connectivity index (χ4v) is 2.14. The van der Waals surface area contributed by atoms with Crippen molar-refractivity contribution in [1.29, 1.82) is 0 Å². The molecule has 1 aromatic rings. The Morgan fingerprint density at radius 3 is 2.94 bits per heavy atom. The van der Waals surface area contributed by atoms with Crippen molar-refractivity contribution >= 4 is 5.97 Å². The molecule has 0 amide bonds. The standard InChI is InChI=1S/C13H16O4/c1-8-3-4-9-10(7-14)12(6-13(15)16-2)17-11(9)5-8/h3-5,10,12,14H,6-7H2,1-2H3. The van der Waals surface area contributed by atoms with Crippen LogP contribution in [0.4, 0.5) is 0 Å². The molecule has 0 spiro atoms. The first-order valence-electron chi connectivity index (χ1n) is 5.60. The summed E-state index contributed by atoms with van der Waals surface area (Å²) in [6, 6.07) is 5.85. The number of esters is 1. The predicted molar refractivity (Wildman–Crippen MR) is 62.1 cm³/mol. The van der Waals surface area contributed by atoms with Crippen LogP contribution < -0.4 is 4.74 Å². The minimum absolute atomic E-state index is 0.0300. The molecule has 0 aromatic heterocycles. The lowest BCUT2D eigenvalue weighted by Crippen LogP contribution is -2.25. The van der Waals surface area contributed by atoms with Gasteiger partial charge < -0.3 is 14.6 Å². The number of carbonyl (C=O) groups excluding carboxylic acids is 1. The number of rotatable bonds is 3. The van der Waals surface area contributed by atoms with Gasteiger partial charge in [0.1, 0.15) is 11.9 Å².